The Hall–Kier alpha value is -1.86. The van der Waals surface area contributed by atoms with Crippen LogP contribution in [-0.4, -0.2) is 14.5 Å². The summed E-state index contributed by atoms with van der Waals surface area (Å²) >= 11 is 0. The molecule has 0 aromatic heterocycles. The fourth-order valence-electron chi connectivity index (χ4n) is 2.80. The van der Waals surface area contributed by atoms with Gasteiger partial charge in [-0.15, -0.1) is 0 Å². The molecule has 0 unspecified atom stereocenters. The Morgan fingerprint density at radius 2 is 1.42 bits per heavy atom. The summed E-state index contributed by atoms with van der Waals surface area (Å²) in [4.78, 5) is 0.0430. The van der Waals surface area contributed by atoms with Crippen LogP contribution in [0.25, 0.3) is 11.1 Å². The molecular weight excluding hydrogens is 363 g/mol. The number of sulfonamides is 1. The van der Waals surface area contributed by atoms with Crippen LogP contribution in [0.1, 0.15) is 39.5 Å². The molecular formula is C19H22F3NO2S. The highest BCUT2D eigenvalue weighted by molar-refractivity contribution is 7.89. The van der Waals surface area contributed by atoms with E-state index in [2.05, 4.69) is 4.72 Å². The quantitative estimate of drug-likeness (QED) is 0.649. The average Bonchev–Trinajstić information content (AvgIpc) is 2.58. The number of hydrogen-bond donors (Lipinski definition) is 1. The van der Waals surface area contributed by atoms with Gasteiger partial charge in [0.25, 0.3) is 0 Å². The van der Waals surface area contributed by atoms with E-state index >= 15 is 0 Å². The molecule has 0 aliphatic rings. The Morgan fingerprint density at radius 3 is 1.96 bits per heavy atom. The molecule has 142 valence electrons. The predicted molar refractivity (Wildman–Crippen MR) is 95.7 cm³/mol. The number of halogens is 3. The van der Waals surface area contributed by atoms with Crippen LogP contribution in [0.5, 0.6) is 0 Å². The zero-order valence-corrected chi connectivity index (χ0v) is 15.5. The molecule has 1 N–H and O–H groups in total. The van der Waals surface area contributed by atoms with Crippen molar-refractivity contribution in [1.29, 1.82) is 0 Å². The molecule has 7 heteroatoms. The fraction of sp³-hybridized carbons (Fsp3) is 0.368. The van der Waals surface area contributed by atoms with Crippen LogP contribution in [0, 0.1) is 17.5 Å². The maximum atomic E-state index is 13.9. The van der Waals surface area contributed by atoms with E-state index in [0.717, 1.165) is 31.7 Å². The number of rotatable bonds is 8. The summed E-state index contributed by atoms with van der Waals surface area (Å²) in [5, 5.41) is 0. The third-order valence-corrected chi connectivity index (χ3v) is 5.62. The Labute approximate surface area is 152 Å². The summed E-state index contributed by atoms with van der Waals surface area (Å²) in [5.41, 5.74) is 0.134. The monoisotopic (exact) mass is 385 g/mol. The molecule has 0 saturated heterocycles. The summed E-state index contributed by atoms with van der Waals surface area (Å²) in [7, 11) is -3.71. The largest absolute Gasteiger partial charge is 0.240 e. The van der Waals surface area contributed by atoms with E-state index in [0.29, 0.717) is 6.07 Å². The molecule has 0 atom stereocenters. The Balaban J connectivity index is 2.27. The summed E-state index contributed by atoms with van der Waals surface area (Å²) in [5.74, 6) is -3.35. The number of nitrogens with one attached hydrogen (secondary N) is 1. The lowest BCUT2D eigenvalue weighted by molar-refractivity contribution is 0.494. The predicted octanol–water partition coefficient (Wildman–Crippen LogP) is 5.02. The van der Waals surface area contributed by atoms with Gasteiger partial charge >= 0.3 is 0 Å². The zero-order chi connectivity index (χ0) is 19.3. The van der Waals surface area contributed by atoms with Gasteiger partial charge in [-0.2, -0.15) is 0 Å². The molecule has 2 aromatic carbocycles. The molecule has 0 aliphatic heterocycles. The van der Waals surface area contributed by atoms with Crippen LogP contribution in [0.2, 0.25) is 0 Å². The highest BCUT2D eigenvalue weighted by Gasteiger charge is 2.19. The van der Waals surface area contributed by atoms with Gasteiger partial charge in [-0.3, -0.25) is 0 Å². The summed E-state index contributed by atoms with van der Waals surface area (Å²) in [6.45, 7) is 3.98. The van der Waals surface area contributed by atoms with Crippen LogP contribution >= 0.6 is 0 Å². The third-order valence-electron chi connectivity index (χ3n) is 4.08. The topological polar surface area (TPSA) is 46.2 Å². The smallest absolute Gasteiger partial charge is 0.208 e. The molecule has 3 nitrogen and oxygen atoms in total. The fourth-order valence-corrected chi connectivity index (χ4v) is 4.11. The van der Waals surface area contributed by atoms with Crippen molar-refractivity contribution in [1.82, 2.24) is 4.72 Å². The lowest BCUT2D eigenvalue weighted by atomic mass is 10.1. The Kier molecular flexibility index (Phi) is 6.83. The van der Waals surface area contributed by atoms with Gasteiger partial charge in [-0.25, -0.2) is 26.3 Å². The normalized spacial score (nSPS) is 11.9. The minimum Gasteiger partial charge on any atom is -0.208 e. The van der Waals surface area contributed by atoms with Gasteiger partial charge in [0.15, 0.2) is 11.6 Å². The lowest BCUT2D eigenvalue weighted by Crippen LogP contribution is -2.34. The van der Waals surface area contributed by atoms with Gasteiger partial charge in [0.2, 0.25) is 10.0 Å². The molecule has 0 radical (unpaired) electrons. The van der Waals surface area contributed by atoms with Crippen LogP contribution in [0.15, 0.2) is 41.3 Å². The molecule has 0 bridgehead atoms. The molecule has 0 heterocycles. The Bertz CT molecular complexity index is 846. The van der Waals surface area contributed by atoms with Gasteiger partial charge in [-0.05, 0) is 36.6 Å². The second-order valence-electron chi connectivity index (χ2n) is 6.17. The first-order valence-corrected chi connectivity index (χ1v) is 10.0. The van der Waals surface area contributed by atoms with Crippen molar-refractivity contribution in [3.8, 4) is 11.1 Å². The van der Waals surface area contributed by atoms with Gasteiger partial charge < -0.3 is 0 Å². The number of benzene rings is 2. The van der Waals surface area contributed by atoms with E-state index in [1.165, 1.54) is 24.3 Å². The first kappa shape index (κ1) is 20.5. The van der Waals surface area contributed by atoms with E-state index in [9.17, 15) is 21.6 Å². The van der Waals surface area contributed by atoms with Crippen molar-refractivity contribution in [3.05, 3.63) is 53.8 Å². The molecule has 2 rings (SSSR count). The van der Waals surface area contributed by atoms with Crippen molar-refractivity contribution in [2.45, 2.75) is 50.5 Å². The molecule has 2 aromatic rings. The van der Waals surface area contributed by atoms with Crippen molar-refractivity contribution in [2.75, 3.05) is 0 Å². The van der Waals surface area contributed by atoms with Crippen molar-refractivity contribution in [3.63, 3.8) is 0 Å². The second kappa shape index (κ2) is 8.68. The third kappa shape index (κ3) is 4.86. The van der Waals surface area contributed by atoms with Gasteiger partial charge in [0.05, 0.1) is 4.90 Å². The van der Waals surface area contributed by atoms with E-state index in [1.807, 2.05) is 13.8 Å². The highest BCUT2D eigenvalue weighted by atomic mass is 32.2. The first-order chi connectivity index (χ1) is 12.3. The SMILES string of the molecule is CCCC(CCC)NS(=O)(=O)c1ccc(-c2cc(F)c(F)cc2F)cc1. The molecule has 0 amide bonds. The van der Waals surface area contributed by atoms with Gasteiger partial charge in [0, 0.05) is 17.7 Å². The minimum atomic E-state index is -3.71. The summed E-state index contributed by atoms with van der Waals surface area (Å²) in [6.07, 6.45) is 3.21. The maximum Gasteiger partial charge on any atom is 0.240 e. The molecule has 0 fully saturated rings. The summed E-state index contributed by atoms with van der Waals surface area (Å²) in [6, 6.07) is 6.49. The van der Waals surface area contributed by atoms with Crippen LogP contribution in [0.3, 0.4) is 0 Å². The van der Waals surface area contributed by atoms with Crippen molar-refractivity contribution in [2.24, 2.45) is 0 Å². The maximum absolute atomic E-state index is 13.9. The molecule has 0 saturated carbocycles. The second-order valence-corrected chi connectivity index (χ2v) is 7.88. The standard InChI is InChI=1S/C19H22F3NO2S/c1-3-5-14(6-4-2)23-26(24,25)15-9-7-13(8-10-15)16-11-18(21)19(22)12-17(16)20/h7-12,14,23H,3-6H2,1-2H3. The summed E-state index contributed by atoms with van der Waals surface area (Å²) < 4.78 is 68.0. The molecule has 0 aliphatic carbocycles. The van der Waals surface area contributed by atoms with Crippen molar-refractivity contribution < 1.29 is 21.6 Å². The van der Waals surface area contributed by atoms with Gasteiger partial charge in [0.1, 0.15) is 5.82 Å². The first-order valence-electron chi connectivity index (χ1n) is 8.55. The van der Waals surface area contributed by atoms with E-state index < -0.39 is 27.5 Å². The van der Waals surface area contributed by atoms with Crippen molar-refractivity contribution >= 4 is 10.0 Å². The van der Waals surface area contributed by atoms with Gasteiger partial charge in [-0.1, -0.05) is 38.8 Å². The average molecular weight is 385 g/mol. The number of hydrogen-bond acceptors (Lipinski definition) is 2. The zero-order valence-electron chi connectivity index (χ0n) is 14.7. The van der Waals surface area contributed by atoms with E-state index in [4.69, 9.17) is 0 Å². The van der Waals surface area contributed by atoms with Crippen LogP contribution in [-0.2, 0) is 10.0 Å². The Morgan fingerprint density at radius 1 is 0.885 bits per heavy atom. The molecule has 0 spiro atoms. The van der Waals surface area contributed by atoms with Crippen LogP contribution in [0.4, 0.5) is 13.2 Å². The van der Waals surface area contributed by atoms with E-state index in [1.54, 1.807) is 0 Å². The van der Waals surface area contributed by atoms with Crippen LogP contribution < -0.4 is 4.72 Å². The molecule has 26 heavy (non-hydrogen) atoms. The highest BCUT2D eigenvalue weighted by Crippen LogP contribution is 2.26. The minimum absolute atomic E-state index is 0.0430. The lowest BCUT2D eigenvalue weighted by Gasteiger charge is -2.17. The van der Waals surface area contributed by atoms with E-state index in [-0.39, 0.29) is 22.1 Å².